The number of nitriles is 1. The van der Waals surface area contributed by atoms with Gasteiger partial charge < -0.3 is 9.80 Å². The van der Waals surface area contributed by atoms with Crippen molar-refractivity contribution in [3.63, 3.8) is 0 Å². The number of benzene rings is 1. The van der Waals surface area contributed by atoms with Crippen LogP contribution in [-0.4, -0.2) is 37.5 Å². The molecule has 0 N–H and O–H groups in total. The van der Waals surface area contributed by atoms with Gasteiger partial charge in [0.15, 0.2) is 0 Å². The maximum atomic E-state index is 13.5. The van der Waals surface area contributed by atoms with Crippen LogP contribution in [0.5, 0.6) is 0 Å². The molecule has 0 spiro atoms. The molecule has 0 aliphatic carbocycles. The minimum Gasteiger partial charge on any atom is -0.359 e. The van der Waals surface area contributed by atoms with Crippen LogP contribution < -0.4 is 4.90 Å². The average Bonchev–Trinajstić information content (AvgIpc) is 2.58. The predicted octanol–water partition coefficient (Wildman–Crippen LogP) is 5.08. The summed E-state index contributed by atoms with van der Waals surface area (Å²) < 4.78 is 40.4. The molecule has 0 radical (unpaired) electrons. The number of unbranched alkanes of at least 4 members (excludes halogenated alkanes) is 1. The molecule has 1 aromatic carbocycles. The van der Waals surface area contributed by atoms with Gasteiger partial charge in [0.25, 0.3) is 0 Å². The highest BCUT2D eigenvalue weighted by atomic mass is 19.4. The molecule has 0 aliphatic rings. The van der Waals surface area contributed by atoms with Crippen LogP contribution in [0.3, 0.4) is 0 Å². The first-order chi connectivity index (χ1) is 12.8. The topological polar surface area (TPSA) is 47.3 Å². The third kappa shape index (κ3) is 6.43. The van der Waals surface area contributed by atoms with Gasteiger partial charge in [0.05, 0.1) is 17.2 Å². The van der Waals surface area contributed by atoms with E-state index in [2.05, 4.69) is 0 Å². The van der Waals surface area contributed by atoms with Crippen LogP contribution in [0.25, 0.3) is 0 Å². The van der Waals surface area contributed by atoms with Crippen molar-refractivity contribution in [2.75, 3.05) is 25.5 Å². The quantitative estimate of drug-likeness (QED) is 0.645. The fraction of sp³-hybridized carbons (Fsp3) is 0.619. The number of alkyl halides is 3. The highest BCUT2D eigenvalue weighted by molar-refractivity contribution is 5.85. The first-order valence-electron chi connectivity index (χ1n) is 9.41. The molecule has 1 unspecified atom stereocenters. The van der Waals surface area contributed by atoms with Gasteiger partial charge in [0.1, 0.15) is 6.04 Å². The molecule has 1 amide bonds. The summed E-state index contributed by atoms with van der Waals surface area (Å²) >= 11 is 0. The lowest BCUT2D eigenvalue weighted by atomic mass is 9.93. The summed E-state index contributed by atoms with van der Waals surface area (Å²) in [5.41, 5.74) is -1.34. The Balaban J connectivity index is 3.56. The van der Waals surface area contributed by atoms with Crippen molar-refractivity contribution >= 4 is 11.6 Å². The third-order valence-corrected chi connectivity index (χ3v) is 4.34. The van der Waals surface area contributed by atoms with E-state index < -0.39 is 23.3 Å². The number of likely N-dealkylation sites (N-methyl/N-ethyl adjacent to an activating group) is 1. The second kappa shape index (κ2) is 9.31. The van der Waals surface area contributed by atoms with Crippen molar-refractivity contribution in [2.24, 2.45) is 5.41 Å². The Bertz CT molecular complexity index is 715. The number of hydrogen-bond donors (Lipinski definition) is 0. The normalized spacial score (nSPS) is 13.0. The lowest BCUT2D eigenvalue weighted by Gasteiger charge is -2.39. The SMILES string of the molecule is CCCCC(C(=O)N(C)C)N(CC(C)(C)C)c1ccc(C#N)c(C(F)(F)F)c1. The number of rotatable bonds is 7. The smallest absolute Gasteiger partial charge is 0.359 e. The maximum absolute atomic E-state index is 13.5. The van der Waals surface area contributed by atoms with Gasteiger partial charge >= 0.3 is 6.18 Å². The second-order valence-corrected chi connectivity index (χ2v) is 8.42. The Kier molecular flexibility index (Phi) is 7.92. The van der Waals surface area contributed by atoms with Crippen LogP contribution >= 0.6 is 0 Å². The molecule has 7 heteroatoms. The van der Waals surface area contributed by atoms with E-state index in [0.29, 0.717) is 18.7 Å². The molecule has 0 saturated heterocycles. The van der Waals surface area contributed by atoms with Crippen molar-refractivity contribution in [3.05, 3.63) is 29.3 Å². The van der Waals surface area contributed by atoms with Gasteiger partial charge in [-0.15, -0.1) is 0 Å². The largest absolute Gasteiger partial charge is 0.417 e. The van der Waals surface area contributed by atoms with Gasteiger partial charge in [-0.3, -0.25) is 4.79 Å². The Morgan fingerprint density at radius 2 is 1.82 bits per heavy atom. The maximum Gasteiger partial charge on any atom is 0.417 e. The molecule has 0 aromatic heterocycles. The highest BCUT2D eigenvalue weighted by Crippen LogP contribution is 2.36. The third-order valence-electron chi connectivity index (χ3n) is 4.34. The first kappa shape index (κ1) is 23.8. The first-order valence-corrected chi connectivity index (χ1v) is 9.41. The minimum atomic E-state index is -4.64. The highest BCUT2D eigenvalue weighted by Gasteiger charge is 2.36. The zero-order valence-corrected chi connectivity index (χ0v) is 17.5. The molecular weight excluding hydrogens is 367 g/mol. The van der Waals surface area contributed by atoms with Crippen LogP contribution in [0, 0.1) is 16.7 Å². The van der Waals surface area contributed by atoms with E-state index in [4.69, 9.17) is 5.26 Å². The van der Waals surface area contributed by atoms with E-state index in [0.717, 1.165) is 18.9 Å². The molecule has 1 atom stereocenters. The fourth-order valence-corrected chi connectivity index (χ4v) is 3.04. The lowest BCUT2D eigenvalue weighted by molar-refractivity contribution is -0.137. The second-order valence-electron chi connectivity index (χ2n) is 8.42. The molecule has 1 rings (SSSR count). The Morgan fingerprint density at radius 1 is 1.21 bits per heavy atom. The van der Waals surface area contributed by atoms with E-state index in [1.807, 2.05) is 27.7 Å². The van der Waals surface area contributed by atoms with E-state index >= 15 is 0 Å². The Labute approximate surface area is 165 Å². The summed E-state index contributed by atoms with van der Waals surface area (Å²) in [5.74, 6) is -0.143. The molecule has 0 saturated carbocycles. The van der Waals surface area contributed by atoms with Gasteiger partial charge in [0.2, 0.25) is 5.91 Å². The number of anilines is 1. The minimum absolute atomic E-state index is 0.143. The van der Waals surface area contributed by atoms with Crippen LogP contribution in [0.4, 0.5) is 18.9 Å². The van der Waals surface area contributed by atoms with Gasteiger partial charge in [-0.25, -0.2) is 0 Å². The summed E-state index contributed by atoms with van der Waals surface area (Å²) in [6, 6.07) is 4.72. The monoisotopic (exact) mass is 397 g/mol. The van der Waals surface area contributed by atoms with Crippen LogP contribution in [0.2, 0.25) is 0 Å². The van der Waals surface area contributed by atoms with Crippen molar-refractivity contribution in [2.45, 2.75) is 59.2 Å². The molecule has 4 nitrogen and oxygen atoms in total. The molecule has 1 aromatic rings. The van der Waals surface area contributed by atoms with E-state index in [-0.39, 0.29) is 11.3 Å². The van der Waals surface area contributed by atoms with Crippen LogP contribution in [-0.2, 0) is 11.0 Å². The number of carbonyl (C=O) groups excluding carboxylic acids is 1. The van der Waals surface area contributed by atoms with Crippen molar-refractivity contribution in [1.82, 2.24) is 4.90 Å². The van der Waals surface area contributed by atoms with Crippen molar-refractivity contribution < 1.29 is 18.0 Å². The van der Waals surface area contributed by atoms with Crippen LogP contribution in [0.1, 0.15) is 58.1 Å². The van der Waals surface area contributed by atoms with E-state index in [1.54, 1.807) is 25.1 Å². The van der Waals surface area contributed by atoms with E-state index in [1.165, 1.54) is 17.0 Å². The van der Waals surface area contributed by atoms with Gasteiger partial charge in [0, 0.05) is 26.3 Å². The van der Waals surface area contributed by atoms with Crippen molar-refractivity contribution in [1.29, 1.82) is 5.26 Å². The summed E-state index contributed by atoms with van der Waals surface area (Å²) in [4.78, 5) is 16.1. The molecular formula is C21H30F3N3O. The number of hydrogen-bond acceptors (Lipinski definition) is 3. The van der Waals surface area contributed by atoms with E-state index in [9.17, 15) is 18.0 Å². The summed E-state index contributed by atoms with van der Waals surface area (Å²) in [6.07, 6.45) is -2.43. The zero-order chi connectivity index (χ0) is 21.7. The summed E-state index contributed by atoms with van der Waals surface area (Å²) in [5, 5.41) is 9.06. The molecule has 0 fully saturated rings. The number of amides is 1. The Morgan fingerprint density at radius 3 is 2.25 bits per heavy atom. The molecule has 0 heterocycles. The Hall–Kier alpha value is -2.23. The summed E-state index contributed by atoms with van der Waals surface area (Å²) in [7, 11) is 3.30. The van der Waals surface area contributed by atoms with Crippen LogP contribution in [0.15, 0.2) is 18.2 Å². The molecule has 156 valence electrons. The predicted molar refractivity (Wildman–Crippen MR) is 105 cm³/mol. The van der Waals surface area contributed by atoms with Crippen molar-refractivity contribution in [3.8, 4) is 6.07 Å². The lowest BCUT2D eigenvalue weighted by Crippen LogP contribution is -2.49. The van der Waals surface area contributed by atoms with Gasteiger partial charge in [-0.1, -0.05) is 40.5 Å². The standard InChI is InChI=1S/C21H30F3N3O/c1-7-8-9-18(19(28)26(5)6)27(14-20(2,3)4)16-11-10-15(13-25)17(12-16)21(22,23)24/h10-12,18H,7-9,14H2,1-6H3. The number of carbonyl (C=O) groups is 1. The molecule has 0 bridgehead atoms. The number of halogens is 3. The molecule has 0 aliphatic heterocycles. The number of nitrogens with zero attached hydrogens (tertiary/aromatic N) is 3. The molecule has 28 heavy (non-hydrogen) atoms. The zero-order valence-electron chi connectivity index (χ0n) is 17.5. The van der Waals surface area contributed by atoms with Gasteiger partial charge in [-0.05, 0) is 30.0 Å². The summed E-state index contributed by atoms with van der Waals surface area (Å²) in [6.45, 7) is 8.35. The average molecular weight is 397 g/mol. The fourth-order valence-electron chi connectivity index (χ4n) is 3.04. The van der Waals surface area contributed by atoms with Gasteiger partial charge in [-0.2, -0.15) is 18.4 Å².